The van der Waals surface area contributed by atoms with Crippen molar-refractivity contribution in [3.05, 3.63) is 45.2 Å². The molecule has 0 aliphatic heterocycles. The van der Waals surface area contributed by atoms with Crippen LogP contribution in [0.25, 0.3) is 10.4 Å². The van der Waals surface area contributed by atoms with Crippen LogP contribution in [-0.4, -0.2) is 0 Å². The topological polar surface area (TPSA) is 26.0 Å². The smallest absolute Gasteiger partial charge is 0.140 e. The lowest BCUT2D eigenvalue weighted by molar-refractivity contribution is 0.581. The summed E-state index contributed by atoms with van der Waals surface area (Å²) >= 11 is 4.57. The van der Waals surface area contributed by atoms with Gasteiger partial charge in [-0.05, 0) is 52.9 Å². The summed E-state index contributed by atoms with van der Waals surface area (Å²) in [5.41, 5.74) is 6.54. The van der Waals surface area contributed by atoms with Crippen molar-refractivity contribution in [1.29, 1.82) is 0 Å². The molecule has 1 aromatic heterocycles. The van der Waals surface area contributed by atoms with Crippen molar-refractivity contribution in [3.63, 3.8) is 0 Å². The van der Waals surface area contributed by atoms with Gasteiger partial charge in [0.2, 0.25) is 0 Å². The lowest BCUT2D eigenvalue weighted by atomic mass is 10.1. The summed E-state index contributed by atoms with van der Waals surface area (Å²) in [7, 11) is 0. The highest BCUT2D eigenvalue weighted by Crippen LogP contribution is 2.43. The summed E-state index contributed by atoms with van der Waals surface area (Å²) in [5.74, 6) is -0.571. The van der Waals surface area contributed by atoms with Gasteiger partial charge in [-0.15, -0.1) is 11.3 Å². The monoisotopic (exact) mass is 343 g/mol. The molecule has 0 amide bonds. The third-order valence-electron chi connectivity index (χ3n) is 3.36. The quantitative estimate of drug-likeness (QED) is 0.790. The molecule has 2 aromatic rings. The normalized spacial score (nSPS) is 16.6. The molecule has 1 aromatic carbocycles. The van der Waals surface area contributed by atoms with Crippen molar-refractivity contribution >= 4 is 27.3 Å². The van der Waals surface area contributed by atoms with Crippen LogP contribution in [-0.2, 0) is 0 Å². The van der Waals surface area contributed by atoms with Crippen LogP contribution in [0.2, 0.25) is 0 Å². The van der Waals surface area contributed by atoms with Crippen LogP contribution in [0.3, 0.4) is 0 Å². The Kier molecular flexibility index (Phi) is 3.45. The number of rotatable bonds is 3. The van der Waals surface area contributed by atoms with Gasteiger partial charge >= 0.3 is 0 Å². The molecule has 1 atom stereocenters. The number of hydrogen-bond donors (Lipinski definition) is 1. The van der Waals surface area contributed by atoms with E-state index in [4.69, 9.17) is 5.73 Å². The van der Waals surface area contributed by atoms with Gasteiger partial charge in [0.1, 0.15) is 11.6 Å². The van der Waals surface area contributed by atoms with E-state index in [2.05, 4.69) is 15.9 Å². The Hall–Kier alpha value is -0.780. The van der Waals surface area contributed by atoms with Gasteiger partial charge in [-0.2, -0.15) is 0 Å². The summed E-state index contributed by atoms with van der Waals surface area (Å²) in [4.78, 5) is 1.85. The lowest BCUT2D eigenvalue weighted by Gasteiger charge is -2.06. The summed E-state index contributed by atoms with van der Waals surface area (Å²) in [6.45, 7) is 0. The molecule has 100 valence electrons. The van der Waals surface area contributed by atoms with Gasteiger partial charge < -0.3 is 5.73 Å². The molecule has 5 heteroatoms. The fraction of sp³-hybridized carbons (Fsp3) is 0.286. The van der Waals surface area contributed by atoms with Crippen LogP contribution < -0.4 is 5.73 Å². The number of nitrogens with two attached hydrogens (primary N) is 1. The number of thiophene rings is 1. The van der Waals surface area contributed by atoms with E-state index in [0.717, 1.165) is 15.8 Å². The molecule has 0 radical (unpaired) electrons. The summed E-state index contributed by atoms with van der Waals surface area (Å²) in [6.07, 6.45) is 2.34. The van der Waals surface area contributed by atoms with Gasteiger partial charge in [-0.25, -0.2) is 8.78 Å². The van der Waals surface area contributed by atoms with E-state index in [-0.39, 0.29) is 10.5 Å². The molecule has 0 spiro atoms. The second-order valence-corrected chi connectivity index (χ2v) is 6.78. The minimum Gasteiger partial charge on any atom is -0.323 e. The summed E-state index contributed by atoms with van der Waals surface area (Å²) in [6, 6.07) is 6.22. The van der Waals surface area contributed by atoms with Gasteiger partial charge in [0.05, 0.1) is 4.47 Å². The predicted molar refractivity (Wildman–Crippen MR) is 77.0 cm³/mol. The molecule has 1 aliphatic rings. The molecule has 1 saturated carbocycles. The highest BCUT2D eigenvalue weighted by molar-refractivity contribution is 9.10. The van der Waals surface area contributed by atoms with Crippen LogP contribution in [0.15, 0.2) is 28.7 Å². The van der Waals surface area contributed by atoms with E-state index in [1.807, 2.05) is 12.1 Å². The molecular formula is C14H12BrF2NS. The molecular weight excluding hydrogens is 332 g/mol. The van der Waals surface area contributed by atoms with Gasteiger partial charge in [0.25, 0.3) is 0 Å². The predicted octanol–water partition coefficient (Wildman–Crippen LogP) is 4.87. The molecule has 1 aliphatic carbocycles. The van der Waals surface area contributed by atoms with Gasteiger partial charge in [-0.3, -0.25) is 0 Å². The fourth-order valence-electron chi connectivity index (χ4n) is 2.08. The minimum absolute atomic E-state index is 0.0469. The van der Waals surface area contributed by atoms with Gasteiger partial charge in [0, 0.05) is 27.4 Å². The average Bonchev–Trinajstić information content (AvgIpc) is 3.11. The second kappa shape index (κ2) is 4.96. The SMILES string of the molecule is NC(c1ccc(-c2cc(Br)c(F)cc2F)s1)C1CC1. The summed E-state index contributed by atoms with van der Waals surface area (Å²) in [5, 5.41) is 0. The third kappa shape index (κ3) is 2.59. The lowest BCUT2D eigenvalue weighted by Crippen LogP contribution is -2.10. The van der Waals surface area contributed by atoms with Crippen molar-refractivity contribution in [2.75, 3.05) is 0 Å². The number of halogens is 3. The highest BCUT2D eigenvalue weighted by Gasteiger charge is 2.30. The first-order valence-corrected chi connectivity index (χ1v) is 7.67. The Morgan fingerprint density at radius 2 is 1.95 bits per heavy atom. The van der Waals surface area contributed by atoms with E-state index in [9.17, 15) is 8.78 Å². The largest absolute Gasteiger partial charge is 0.323 e. The first-order valence-electron chi connectivity index (χ1n) is 6.06. The standard InChI is InChI=1S/C14H12BrF2NS/c15-9-5-8(10(16)6-11(9)17)12-3-4-13(19-12)14(18)7-1-2-7/h3-7,14H,1-2,18H2. The molecule has 0 bridgehead atoms. The van der Waals surface area contributed by atoms with Crippen molar-refractivity contribution < 1.29 is 8.78 Å². The first kappa shape index (κ1) is 13.2. The highest BCUT2D eigenvalue weighted by atomic mass is 79.9. The van der Waals surface area contributed by atoms with Gasteiger partial charge in [0.15, 0.2) is 0 Å². The van der Waals surface area contributed by atoms with Crippen LogP contribution in [0.5, 0.6) is 0 Å². The van der Waals surface area contributed by atoms with Crippen molar-refractivity contribution in [3.8, 4) is 10.4 Å². The average molecular weight is 344 g/mol. The minimum atomic E-state index is -0.590. The van der Waals surface area contributed by atoms with E-state index < -0.39 is 11.6 Å². The Morgan fingerprint density at radius 3 is 2.63 bits per heavy atom. The Morgan fingerprint density at radius 1 is 1.21 bits per heavy atom. The van der Waals surface area contributed by atoms with Crippen molar-refractivity contribution in [2.24, 2.45) is 11.7 Å². The molecule has 1 unspecified atom stereocenters. The maximum absolute atomic E-state index is 13.8. The zero-order valence-electron chi connectivity index (χ0n) is 10.00. The molecule has 1 heterocycles. The molecule has 0 saturated heterocycles. The fourth-order valence-corrected chi connectivity index (χ4v) is 3.54. The zero-order chi connectivity index (χ0) is 13.6. The molecule has 3 rings (SSSR count). The maximum atomic E-state index is 13.8. The Balaban J connectivity index is 1.96. The first-order chi connectivity index (χ1) is 9.06. The second-order valence-electron chi connectivity index (χ2n) is 4.81. The van der Waals surface area contributed by atoms with Crippen LogP contribution >= 0.6 is 27.3 Å². The van der Waals surface area contributed by atoms with E-state index >= 15 is 0 Å². The summed E-state index contributed by atoms with van der Waals surface area (Å²) < 4.78 is 27.3. The Labute approximate surface area is 122 Å². The molecule has 19 heavy (non-hydrogen) atoms. The van der Waals surface area contributed by atoms with E-state index in [0.29, 0.717) is 11.5 Å². The van der Waals surface area contributed by atoms with Crippen LogP contribution in [0.4, 0.5) is 8.78 Å². The number of hydrogen-bond acceptors (Lipinski definition) is 2. The van der Waals surface area contributed by atoms with Crippen LogP contribution in [0.1, 0.15) is 23.8 Å². The van der Waals surface area contributed by atoms with Crippen molar-refractivity contribution in [2.45, 2.75) is 18.9 Å². The van der Waals surface area contributed by atoms with E-state index in [1.165, 1.54) is 30.2 Å². The number of benzene rings is 1. The molecule has 2 N–H and O–H groups in total. The van der Waals surface area contributed by atoms with Crippen molar-refractivity contribution in [1.82, 2.24) is 0 Å². The van der Waals surface area contributed by atoms with Gasteiger partial charge in [-0.1, -0.05) is 0 Å². The molecule has 1 nitrogen and oxygen atoms in total. The third-order valence-corrected chi connectivity index (χ3v) is 5.19. The van der Waals surface area contributed by atoms with E-state index in [1.54, 1.807) is 0 Å². The molecule has 1 fully saturated rings. The maximum Gasteiger partial charge on any atom is 0.140 e. The Bertz CT molecular complexity index is 622. The van der Waals surface area contributed by atoms with Crippen LogP contribution in [0, 0.1) is 17.6 Å². The zero-order valence-corrected chi connectivity index (χ0v) is 12.4.